The molecule has 0 radical (unpaired) electrons. The average molecular weight is 263 g/mol. The van der Waals surface area contributed by atoms with E-state index in [-0.39, 0.29) is 4.90 Å². The van der Waals surface area contributed by atoms with Gasteiger partial charge >= 0.3 is 0 Å². The van der Waals surface area contributed by atoms with Crippen LogP contribution in [0.4, 0.5) is 0 Å². The Hall–Kier alpha value is -0.780. The Labute approximate surface area is 95.7 Å². The van der Waals surface area contributed by atoms with Crippen molar-refractivity contribution in [2.45, 2.75) is 4.90 Å². The summed E-state index contributed by atoms with van der Waals surface area (Å²) in [5, 5.41) is 2.08. The Morgan fingerprint density at radius 3 is 2.73 bits per heavy atom. The van der Waals surface area contributed by atoms with E-state index in [2.05, 4.69) is 0 Å². The zero-order chi connectivity index (χ0) is 11.1. The van der Waals surface area contributed by atoms with Crippen molar-refractivity contribution < 1.29 is 13.2 Å². The monoisotopic (exact) mass is 262 g/mol. The van der Waals surface area contributed by atoms with Crippen LogP contribution in [-0.2, 0) is 9.05 Å². The van der Waals surface area contributed by atoms with Crippen LogP contribution in [0.3, 0.4) is 0 Å². The molecule has 2 aromatic rings. The Balaban J connectivity index is 2.89. The third-order valence-electron chi connectivity index (χ3n) is 2.01. The molecule has 0 bridgehead atoms. The summed E-state index contributed by atoms with van der Waals surface area (Å²) in [6, 6.07) is 5.34. The van der Waals surface area contributed by atoms with E-state index in [1.807, 2.05) is 12.1 Å². The van der Waals surface area contributed by atoms with E-state index < -0.39 is 9.05 Å². The van der Waals surface area contributed by atoms with Gasteiger partial charge in [-0.3, -0.25) is 0 Å². The molecule has 0 aliphatic carbocycles. The minimum absolute atomic E-state index is 0.113. The summed E-state index contributed by atoms with van der Waals surface area (Å²) in [6.45, 7) is 0. The van der Waals surface area contributed by atoms with E-state index in [1.165, 1.54) is 23.8 Å². The number of thiophene rings is 1. The van der Waals surface area contributed by atoms with Crippen molar-refractivity contribution in [3.63, 3.8) is 0 Å². The van der Waals surface area contributed by atoms with Gasteiger partial charge in [-0.05, 0) is 12.1 Å². The quantitative estimate of drug-likeness (QED) is 0.782. The molecule has 0 atom stereocenters. The molecule has 0 N–H and O–H groups in total. The number of hydrogen-bond donors (Lipinski definition) is 0. The van der Waals surface area contributed by atoms with Crippen LogP contribution >= 0.6 is 22.0 Å². The van der Waals surface area contributed by atoms with Gasteiger partial charge in [-0.2, -0.15) is 0 Å². The topological polar surface area (TPSA) is 43.4 Å². The Bertz CT molecular complexity index is 601. The minimum atomic E-state index is -3.72. The molecule has 15 heavy (non-hydrogen) atoms. The summed E-state index contributed by atoms with van der Waals surface area (Å²) in [7, 11) is 3.11. The fourth-order valence-electron chi connectivity index (χ4n) is 1.38. The highest BCUT2D eigenvalue weighted by Crippen LogP contribution is 2.37. The molecule has 1 heterocycles. The minimum Gasteiger partial charge on any atom is -0.496 e. The third kappa shape index (κ3) is 1.82. The highest BCUT2D eigenvalue weighted by molar-refractivity contribution is 8.14. The van der Waals surface area contributed by atoms with Gasteiger partial charge in [-0.15, -0.1) is 11.3 Å². The highest BCUT2D eigenvalue weighted by atomic mass is 35.7. The van der Waals surface area contributed by atoms with Crippen LogP contribution < -0.4 is 4.74 Å². The number of benzene rings is 1. The van der Waals surface area contributed by atoms with Gasteiger partial charge in [0.15, 0.2) is 0 Å². The molecule has 2 rings (SSSR count). The first-order valence-electron chi connectivity index (χ1n) is 4.03. The predicted molar refractivity (Wildman–Crippen MR) is 61.4 cm³/mol. The summed E-state index contributed by atoms with van der Waals surface area (Å²) in [4.78, 5) is 0.113. The molecule has 3 nitrogen and oxygen atoms in total. The van der Waals surface area contributed by atoms with Gasteiger partial charge in [0.05, 0.1) is 12.5 Å². The van der Waals surface area contributed by atoms with E-state index in [0.29, 0.717) is 11.1 Å². The lowest BCUT2D eigenvalue weighted by molar-refractivity contribution is 0.419. The van der Waals surface area contributed by atoms with Gasteiger partial charge in [0.1, 0.15) is 10.6 Å². The number of rotatable bonds is 2. The van der Waals surface area contributed by atoms with Crippen LogP contribution in [0, 0.1) is 0 Å². The van der Waals surface area contributed by atoms with E-state index in [0.717, 1.165) is 4.70 Å². The molecule has 0 amide bonds. The molecule has 0 unspecified atom stereocenters. The summed E-state index contributed by atoms with van der Waals surface area (Å²) >= 11 is 1.33. The second-order valence-electron chi connectivity index (χ2n) is 2.87. The van der Waals surface area contributed by atoms with Crippen LogP contribution in [0.15, 0.2) is 28.5 Å². The molecule has 0 fully saturated rings. The third-order valence-corrected chi connectivity index (χ3v) is 4.45. The first-order valence-corrected chi connectivity index (χ1v) is 7.22. The standard InChI is InChI=1S/C9H7ClO3S2/c1-13-6-3-2-4-7-9(6)8(5-14-7)15(10,11)12/h2-5H,1H3. The lowest BCUT2D eigenvalue weighted by Gasteiger charge is -2.02. The zero-order valence-electron chi connectivity index (χ0n) is 7.73. The zero-order valence-corrected chi connectivity index (χ0v) is 10.1. The SMILES string of the molecule is COc1cccc2scc(S(=O)(=O)Cl)c12. The normalized spacial score (nSPS) is 11.9. The van der Waals surface area contributed by atoms with Crippen molar-refractivity contribution in [1.82, 2.24) is 0 Å². The van der Waals surface area contributed by atoms with Crippen LogP contribution in [0.5, 0.6) is 5.75 Å². The molecule has 0 spiro atoms. The van der Waals surface area contributed by atoms with Gasteiger partial charge in [0, 0.05) is 20.8 Å². The lowest BCUT2D eigenvalue weighted by atomic mass is 10.2. The summed E-state index contributed by atoms with van der Waals surface area (Å²) < 4.78 is 28.5. The first kappa shape index (κ1) is 10.7. The Morgan fingerprint density at radius 2 is 2.13 bits per heavy atom. The van der Waals surface area contributed by atoms with Gasteiger partial charge < -0.3 is 4.74 Å². The van der Waals surface area contributed by atoms with Crippen molar-refractivity contribution >= 4 is 41.2 Å². The molecule has 6 heteroatoms. The van der Waals surface area contributed by atoms with Crippen LogP contribution in [-0.4, -0.2) is 15.5 Å². The molecule has 0 aliphatic heterocycles. The van der Waals surface area contributed by atoms with Gasteiger partial charge in [-0.1, -0.05) is 6.07 Å². The van der Waals surface area contributed by atoms with Crippen LogP contribution in [0.25, 0.3) is 10.1 Å². The Kier molecular flexibility index (Phi) is 2.62. The average Bonchev–Trinajstić information content (AvgIpc) is 2.59. The van der Waals surface area contributed by atoms with Crippen molar-refractivity contribution in [2.24, 2.45) is 0 Å². The summed E-state index contributed by atoms with van der Waals surface area (Å²) in [6.07, 6.45) is 0. The molecule has 0 saturated heterocycles. The molecule has 1 aromatic carbocycles. The Morgan fingerprint density at radius 1 is 1.40 bits per heavy atom. The molecule has 0 saturated carbocycles. The van der Waals surface area contributed by atoms with E-state index in [9.17, 15) is 8.42 Å². The predicted octanol–water partition coefficient (Wildman–Crippen LogP) is 2.84. The number of hydrogen-bond acceptors (Lipinski definition) is 4. The molecule has 0 aliphatic rings. The maximum Gasteiger partial charge on any atom is 0.262 e. The second-order valence-corrected chi connectivity index (χ2v) is 6.32. The smallest absolute Gasteiger partial charge is 0.262 e. The van der Waals surface area contributed by atoms with Crippen molar-refractivity contribution in [3.8, 4) is 5.75 Å². The fraction of sp³-hybridized carbons (Fsp3) is 0.111. The number of fused-ring (bicyclic) bond motifs is 1. The molecule has 1 aromatic heterocycles. The molecular formula is C9H7ClO3S2. The fourth-order valence-corrected chi connectivity index (χ4v) is 3.90. The van der Waals surface area contributed by atoms with Crippen LogP contribution in [0.1, 0.15) is 0 Å². The van der Waals surface area contributed by atoms with Gasteiger partial charge in [0.25, 0.3) is 9.05 Å². The summed E-state index contributed by atoms with van der Waals surface area (Å²) in [5.74, 6) is 0.521. The number of halogens is 1. The van der Waals surface area contributed by atoms with Crippen molar-refractivity contribution in [2.75, 3.05) is 7.11 Å². The largest absolute Gasteiger partial charge is 0.496 e. The van der Waals surface area contributed by atoms with E-state index in [4.69, 9.17) is 15.4 Å². The second kappa shape index (κ2) is 3.66. The van der Waals surface area contributed by atoms with E-state index >= 15 is 0 Å². The van der Waals surface area contributed by atoms with Crippen molar-refractivity contribution in [3.05, 3.63) is 23.6 Å². The lowest BCUT2D eigenvalue weighted by Crippen LogP contribution is -1.90. The van der Waals surface area contributed by atoms with Gasteiger partial charge in [-0.25, -0.2) is 8.42 Å². The first-order chi connectivity index (χ1) is 7.04. The number of ether oxygens (including phenoxy) is 1. The van der Waals surface area contributed by atoms with Crippen molar-refractivity contribution in [1.29, 1.82) is 0 Å². The molecule has 80 valence electrons. The molecular weight excluding hydrogens is 256 g/mol. The highest BCUT2D eigenvalue weighted by Gasteiger charge is 2.18. The van der Waals surface area contributed by atoms with Crippen LogP contribution in [0.2, 0.25) is 0 Å². The number of methoxy groups -OCH3 is 1. The summed E-state index contributed by atoms with van der Waals surface area (Å²) in [5.41, 5.74) is 0. The maximum absolute atomic E-state index is 11.3. The van der Waals surface area contributed by atoms with Gasteiger partial charge in [0.2, 0.25) is 0 Å². The maximum atomic E-state index is 11.3. The van der Waals surface area contributed by atoms with E-state index in [1.54, 1.807) is 6.07 Å².